The third kappa shape index (κ3) is 4.19. The highest BCUT2D eigenvalue weighted by Gasteiger charge is 2.50. The summed E-state index contributed by atoms with van der Waals surface area (Å²) in [7, 11) is -4.04. The van der Waals surface area contributed by atoms with E-state index in [1.807, 2.05) is 0 Å². The number of aliphatic carboxylic acids is 1. The SMILES string of the molecule is CC1CN(c2ccc(C(F)(F)F)cn2)CC(C)N1S(=O)(=O)[C@H]1c2ccccc2C[C@H]1C(=O)O. The lowest BCUT2D eigenvalue weighted by Gasteiger charge is -2.45. The molecule has 0 radical (unpaired) electrons. The van der Waals surface area contributed by atoms with Gasteiger partial charge in [0, 0.05) is 31.4 Å². The molecule has 0 amide bonds. The molecule has 1 aromatic carbocycles. The zero-order valence-corrected chi connectivity index (χ0v) is 18.8. The van der Waals surface area contributed by atoms with E-state index >= 15 is 0 Å². The van der Waals surface area contributed by atoms with Gasteiger partial charge in [0.2, 0.25) is 10.0 Å². The fourth-order valence-electron chi connectivity index (χ4n) is 5.01. The Balaban J connectivity index is 1.61. The first kappa shape index (κ1) is 23.5. The minimum absolute atomic E-state index is 0.146. The van der Waals surface area contributed by atoms with Gasteiger partial charge in [0.05, 0.1) is 11.5 Å². The van der Waals surface area contributed by atoms with Crippen LogP contribution in [0.4, 0.5) is 19.0 Å². The second-order valence-electron chi connectivity index (χ2n) is 8.65. The van der Waals surface area contributed by atoms with Crippen LogP contribution >= 0.6 is 0 Å². The number of carboxylic acids is 1. The molecule has 4 atom stereocenters. The maximum Gasteiger partial charge on any atom is 0.417 e. The number of pyridine rings is 1. The van der Waals surface area contributed by atoms with E-state index in [1.54, 1.807) is 43.0 Å². The predicted octanol–water partition coefficient (Wildman–Crippen LogP) is 3.33. The largest absolute Gasteiger partial charge is 0.481 e. The Morgan fingerprint density at radius 1 is 1.09 bits per heavy atom. The number of aromatic nitrogens is 1. The number of anilines is 1. The summed E-state index contributed by atoms with van der Waals surface area (Å²) >= 11 is 0. The van der Waals surface area contributed by atoms with Crippen LogP contribution in [0.2, 0.25) is 0 Å². The molecular weight excluding hydrogens is 459 g/mol. The van der Waals surface area contributed by atoms with E-state index in [0.717, 1.165) is 12.3 Å². The first-order valence-electron chi connectivity index (χ1n) is 10.5. The molecule has 0 bridgehead atoms. The Labute approximate surface area is 189 Å². The highest BCUT2D eigenvalue weighted by atomic mass is 32.2. The number of carbonyl (C=O) groups is 1. The molecule has 2 heterocycles. The normalized spacial score (nSPS) is 26.3. The Bertz CT molecular complexity index is 1140. The van der Waals surface area contributed by atoms with Crippen LogP contribution < -0.4 is 4.90 Å². The van der Waals surface area contributed by atoms with E-state index < -0.39 is 51.0 Å². The van der Waals surface area contributed by atoms with Crippen molar-refractivity contribution in [2.45, 2.75) is 43.8 Å². The van der Waals surface area contributed by atoms with Crippen molar-refractivity contribution in [1.29, 1.82) is 0 Å². The highest BCUT2D eigenvalue weighted by molar-refractivity contribution is 7.89. The number of halogens is 3. The number of nitrogens with zero attached hydrogens (tertiary/aromatic N) is 3. The molecule has 1 aliphatic heterocycles. The highest BCUT2D eigenvalue weighted by Crippen LogP contribution is 2.44. The number of fused-ring (bicyclic) bond motifs is 1. The van der Waals surface area contributed by atoms with Gasteiger partial charge in [0.25, 0.3) is 0 Å². The van der Waals surface area contributed by atoms with Gasteiger partial charge in [-0.15, -0.1) is 0 Å². The smallest absolute Gasteiger partial charge is 0.417 e. The van der Waals surface area contributed by atoms with Crippen molar-refractivity contribution in [1.82, 2.24) is 9.29 Å². The van der Waals surface area contributed by atoms with Gasteiger partial charge in [-0.3, -0.25) is 4.79 Å². The monoisotopic (exact) mass is 483 g/mol. The molecule has 1 fully saturated rings. The molecule has 1 saturated heterocycles. The summed E-state index contributed by atoms with van der Waals surface area (Å²) in [6.07, 6.45) is -3.58. The quantitative estimate of drug-likeness (QED) is 0.718. The number of piperazine rings is 1. The molecule has 0 spiro atoms. The molecule has 1 aliphatic carbocycles. The zero-order chi connectivity index (χ0) is 24.1. The number of carboxylic acid groups (broad SMARTS) is 1. The average molecular weight is 484 g/mol. The molecule has 1 aromatic heterocycles. The maximum atomic E-state index is 13.8. The summed E-state index contributed by atoms with van der Waals surface area (Å²) in [5.74, 6) is -1.91. The van der Waals surface area contributed by atoms with Crippen LogP contribution in [0.25, 0.3) is 0 Å². The summed E-state index contributed by atoms with van der Waals surface area (Å²) in [4.78, 5) is 17.6. The van der Waals surface area contributed by atoms with Crippen LogP contribution in [0.1, 0.15) is 35.8 Å². The molecule has 2 aliphatic rings. The molecule has 178 valence electrons. The summed E-state index contributed by atoms with van der Waals surface area (Å²) < 4.78 is 67.5. The number of hydrogen-bond donors (Lipinski definition) is 1. The maximum absolute atomic E-state index is 13.8. The summed E-state index contributed by atoms with van der Waals surface area (Å²) in [5.41, 5.74) is 0.371. The topological polar surface area (TPSA) is 90.8 Å². The van der Waals surface area contributed by atoms with Crippen LogP contribution in [-0.2, 0) is 27.4 Å². The van der Waals surface area contributed by atoms with Gasteiger partial charge in [0.15, 0.2) is 0 Å². The second-order valence-corrected chi connectivity index (χ2v) is 10.6. The van der Waals surface area contributed by atoms with Gasteiger partial charge in [-0.1, -0.05) is 24.3 Å². The summed E-state index contributed by atoms with van der Waals surface area (Å²) in [5, 5.41) is 8.55. The lowest BCUT2D eigenvalue weighted by atomic mass is 10.1. The van der Waals surface area contributed by atoms with Crippen molar-refractivity contribution >= 4 is 21.8 Å². The van der Waals surface area contributed by atoms with Crippen molar-refractivity contribution in [2.75, 3.05) is 18.0 Å². The lowest BCUT2D eigenvalue weighted by molar-refractivity contribution is -0.141. The summed E-state index contributed by atoms with van der Waals surface area (Å²) in [6, 6.07) is 8.03. The van der Waals surface area contributed by atoms with E-state index in [4.69, 9.17) is 0 Å². The van der Waals surface area contributed by atoms with E-state index in [-0.39, 0.29) is 19.5 Å². The van der Waals surface area contributed by atoms with E-state index in [2.05, 4.69) is 4.98 Å². The number of benzene rings is 1. The fraction of sp³-hybridized carbons (Fsp3) is 0.455. The fourth-order valence-corrected chi connectivity index (χ4v) is 7.59. The second kappa shape index (κ2) is 8.28. The standard InChI is InChI=1S/C22H24F3N3O4S/c1-13-11-27(19-8-7-16(10-26-19)22(23,24)25)12-14(2)28(13)33(31,32)20-17-6-4-3-5-15(17)9-18(20)21(29)30/h3-8,10,13-14,18,20H,9,11-12H2,1-2H3,(H,29,30)/t13?,14?,18-,20+/m1/s1. The van der Waals surface area contributed by atoms with Gasteiger partial charge >= 0.3 is 12.1 Å². The Kier molecular flexibility index (Phi) is 5.90. The Morgan fingerprint density at radius 2 is 1.73 bits per heavy atom. The summed E-state index contributed by atoms with van der Waals surface area (Å²) in [6.45, 7) is 3.85. The first-order valence-corrected chi connectivity index (χ1v) is 12.0. The zero-order valence-electron chi connectivity index (χ0n) is 18.0. The lowest BCUT2D eigenvalue weighted by Crippen LogP contribution is -2.59. The molecular formula is C22H24F3N3O4S. The molecule has 7 nitrogen and oxygen atoms in total. The third-order valence-corrected chi connectivity index (χ3v) is 8.87. The average Bonchev–Trinajstić information content (AvgIpc) is 3.13. The molecule has 1 N–H and O–H groups in total. The van der Waals surface area contributed by atoms with Crippen LogP contribution in [-0.4, -0.2) is 54.0 Å². The minimum atomic E-state index is -4.49. The van der Waals surface area contributed by atoms with Gasteiger partial charge < -0.3 is 10.0 Å². The predicted molar refractivity (Wildman–Crippen MR) is 115 cm³/mol. The van der Waals surface area contributed by atoms with Gasteiger partial charge in [0.1, 0.15) is 11.1 Å². The molecule has 0 saturated carbocycles. The number of hydrogen-bond acceptors (Lipinski definition) is 5. The van der Waals surface area contributed by atoms with E-state index in [9.17, 15) is 31.5 Å². The van der Waals surface area contributed by atoms with Crippen LogP contribution in [0.3, 0.4) is 0 Å². The molecule has 11 heteroatoms. The van der Waals surface area contributed by atoms with Gasteiger partial charge in [-0.2, -0.15) is 17.5 Å². The van der Waals surface area contributed by atoms with E-state index in [0.29, 0.717) is 16.9 Å². The molecule has 4 rings (SSSR count). The van der Waals surface area contributed by atoms with Crippen molar-refractivity contribution < 1.29 is 31.5 Å². The van der Waals surface area contributed by atoms with Crippen molar-refractivity contribution in [2.24, 2.45) is 5.92 Å². The third-order valence-electron chi connectivity index (χ3n) is 6.34. The number of sulfonamides is 1. The van der Waals surface area contributed by atoms with Crippen molar-refractivity contribution in [3.63, 3.8) is 0 Å². The molecule has 2 unspecified atom stereocenters. The number of rotatable bonds is 4. The molecule has 33 heavy (non-hydrogen) atoms. The van der Waals surface area contributed by atoms with Crippen molar-refractivity contribution in [3.8, 4) is 0 Å². The van der Waals surface area contributed by atoms with Crippen LogP contribution in [0.15, 0.2) is 42.6 Å². The minimum Gasteiger partial charge on any atom is -0.481 e. The van der Waals surface area contributed by atoms with Crippen LogP contribution in [0, 0.1) is 5.92 Å². The van der Waals surface area contributed by atoms with Gasteiger partial charge in [-0.25, -0.2) is 13.4 Å². The van der Waals surface area contributed by atoms with Crippen LogP contribution in [0.5, 0.6) is 0 Å². The van der Waals surface area contributed by atoms with E-state index in [1.165, 1.54) is 10.4 Å². The van der Waals surface area contributed by atoms with Gasteiger partial charge in [-0.05, 0) is 43.5 Å². The van der Waals surface area contributed by atoms with Crippen molar-refractivity contribution in [3.05, 3.63) is 59.3 Å². The first-order chi connectivity index (χ1) is 15.4. The Hall–Kier alpha value is -2.66. The molecule has 2 aromatic rings. The Morgan fingerprint density at radius 3 is 2.27 bits per heavy atom. The number of alkyl halides is 3.